The number of nitrogens with zero attached hydrogens (tertiary/aromatic N) is 3. The lowest BCUT2D eigenvalue weighted by atomic mass is 10.1. The zero-order valence-corrected chi connectivity index (χ0v) is 18.5. The van der Waals surface area contributed by atoms with E-state index >= 15 is 0 Å². The molecule has 32 heavy (non-hydrogen) atoms. The lowest BCUT2D eigenvalue weighted by Crippen LogP contribution is -2.40. The fourth-order valence-electron chi connectivity index (χ4n) is 4.56. The summed E-state index contributed by atoms with van der Waals surface area (Å²) in [6.45, 7) is 4.71. The van der Waals surface area contributed by atoms with Crippen molar-refractivity contribution in [2.24, 2.45) is 7.05 Å². The fourth-order valence-corrected chi connectivity index (χ4v) is 4.56. The van der Waals surface area contributed by atoms with Crippen molar-refractivity contribution in [1.82, 2.24) is 13.7 Å². The molecule has 2 heterocycles. The second kappa shape index (κ2) is 7.68. The van der Waals surface area contributed by atoms with E-state index in [2.05, 4.69) is 12.1 Å². The van der Waals surface area contributed by atoms with Crippen molar-refractivity contribution in [2.45, 2.75) is 26.9 Å². The van der Waals surface area contributed by atoms with Gasteiger partial charge in [-0.15, -0.1) is 0 Å². The van der Waals surface area contributed by atoms with Crippen molar-refractivity contribution >= 4 is 21.9 Å². The highest BCUT2D eigenvalue weighted by Gasteiger charge is 2.20. The predicted octanol–water partition coefficient (Wildman–Crippen LogP) is 4.37. The van der Waals surface area contributed by atoms with Crippen molar-refractivity contribution in [3.63, 3.8) is 0 Å². The standard InChI is InChI=1S/C27H25N3O2/c1-18-8-7-11-21(14-18)17-29-24-22-15-19(2)12-13-23(22)28(3)25(24)26(31)30(27(29)32)16-20-9-5-4-6-10-20/h4-15H,16-17H2,1-3H3. The monoisotopic (exact) mass is 423 g/mol. The number of aryl methyl sites for hydroxylation is 3. The van der Waals surface area contributed by atoms with Gasteiger partial charge in [0.25, 0.3) is 5.56 Å². The smallest absolute Gasteiger partial charge is 0.332 e. The van der Waals surface area contributed by atoms with Gasteiger partial charge in [0, 0.05) is 12.4 Å². The summed E-state index contributed by atoms with van der Waals surface area (Å²) in [6.07, 6.45) is 0. The van der Waals surface area contributed by atoms with E-state index in [1.807, 2.05) is 86.1 Å². The van der Waals surface area contributed by atoms with Crippen molar-refractivity contribution in [2.75, 3.05) is 0 Å². The van der Waals surface area contributed by atoms with Crippen LogP contribution in [-0.4, -0.2) is 13.7 Å². The van der Waals surface area contributed by atoms with Crippen LogP contribution in [0.25, 0.3) is 21.9 Å². The van der Waals surface area contributed by atoms with Crippen LogP contribution in [-0.2, 0) is 20.1 Å². The predicted molar refractivity (Wildman–Crippen MR) is 130 cm³/mol. The molecule has 0 spiro atoms. The van der Waals surface area contributed by atoms with E-state index in [1.165, 1.54) is 4.57 Å². The van der Waals surface area contributed by atoms with Crippen molar-refractivity contribution < 1.29 is 0 Å². The van der Waals surface area contributed by atoms with Crippen LogP contribution in [0.5, 0.6) is 0 Å². The average Bonchev–Trinajstić information content (AvgIpc) is 3.06. The third-order valence-electron chi connectivity index (χ3n) is 6.11. The van der Waals surface area contributed by atoms with Crippen LogP contribution in [0.1, 0.15) is 22.3 Å². The lowest BCUT2D eigenvalue weighted by Gasteiger charge is -2.14. The summed E-state index contributed by atoms with van der Waals surface area (Å²) in [5, 5.41) is 0.927. The third kappa shape index (κ3) is 3.26. The van der Waals surface area contributed by atoms with Gasteiger partial charge in [-0.05, 0) is 37.1 Å². The fraction of sp³-hybridized carbons (Fsp3) is 0.185. The molecule has 0 amide bonds. The third-order valence-corrected chi connectivity index (χ3v) is 6.11. The second-order valence-electron chi connectivity index (χ2n) is 8.51. The molecule has 0 unspecified atom stereocenters. The summed E-state index contributed by atoms with van der Waals surface area (Å²) in [5.41, 5.74) is 5.82. The number of benzene rings is 3. The molecule has 0 aliphatic heterocycles. The maximum Gasteiger partial charge on any atom is 0.332 e. The molecule has 0 fully saturated rings. The molecule has 0 bridgehead atoms. The van der Waals surface area contributed by atoms with Crippen molar-refractivity contribution in [3.05, 3.63) is 116 Å². The summed E-state index contributed by atoms with van der Waals surface area (Å²) in [7, 11) is 1.90. The van der Waals surface area contributed by atoms with E-state index in [0.717, 1.165) is 33.2 Å². The van der Waals surface area contributed by atoms with Gasteiger partial charge in [-0.25, -0.2) is 4.79 Å². The first-order chi connectivity index (χ1) is 15.4. The van der Waals surface area contributed by atoms with Gasteiger partial charge in [0.15, 0.2) is 0 Å². The minimum absolute atomic E-state index is 0.239. The number of fused-ring (bicyclic) bond motifs is 3. The Kier molecular flexibility index (Phi) is 4.82. The zero-order chi connectivity index (χ0) is 22.4. The van der Waals surface area contributed by atoms with E-state index in [1.54, 1.807) is 4.57 Å². The molecule has 0 saturated heterocycles. The molecule has 2 aromatic heterocycles. The van der Waals surface area contributed by atoms with Crippen LogP contribution in [0.4, 0.5) is 0 Å². The molecule has 5 nitrogen and oxygen atoms in total. The van der Waals surface area contributed by atoms with Crippen LogP contribution in [0, 0.1) is 13.8 Å². The van der Waals surface area contributed by atoms with Crippen molar-refractivity contribution in [3.8, 4) is 0 Å². The topological polar surface area (TPSA) is 48.9 Å². The van der Waals surface area contributed by atoms with Gasteiger partial charge >= 0.3 is 5.69 Å². The molecule has 0 atom stereocenters. The molecule has 5 heteroatoms. The first-order valence-electron chi connectivity index (χ1n) is 10.8. The maximum atomic E-state index is 13.8. The molecule has 0 radical (unpaired) electrons. The Morgan fingerprint density at radius 1 is 0.688 bits per heavy atom. The number of hydrogen-bond donors (Lipinski definition) is 0. The first-order valence-corrected chi connectivity index (χ1v) is 10.8. The molecule has 0 aliphatic carbocycles. The van der Waals surface area contributed by atoms with E-state index in [4.69, 9.17) is 0 Å². The molecule has 0 saturated carbocycles. The molecule has 3 aromatic carbocycles. The summed E-state index contributed by atoms with van der Waals surface area (Å²) >= 11 is 0. The molecular weight excluding hydrogens is 398 g/mol. The minimum Gasteiger partial charge on any atom is -0.338 e. The van der Waals surface area contributed by atoms with Crippen LogP contribution < -0.4 is 11.2 Å². The summed E-state index contributed by atoms with van der Waals surface area (Å²) in [6, 6.07) is 23.9. The Morgan fingerprint density at radius 3 is 2.12 bits per heavy atom. The van der Waals surface area contributed by atoms with Gasteiger partial charge in [-0.1, -0.05) is 71.8 Å². The zero-order valence-electron chi connectivity index (χ0n) is 18.5. The lowest BCUT2D eigenvalue weighted by molar-refractivity contribution is 0.633. The maximum absolute atomic E-state index is 13.8. The normalized spacial score (nSPS) is 11.5. The minimum atomic E-state index is -0.290. The van der Waals surface area contributed by atoms with Crippen LogP contribution in [0.15, 0.2) is 82.4 Å². The van der Waals surface area contributed by atoms with Gasteiger partial charge in [0.05, 0.1) is 24.1 Å². The van der Waals surface area contributed by atoms with Gasteiger partial charge in [0.1, 0.15) is 5.52 Å². The Labute approximate surface area is 185 Å². The molecule has 160 valence electrons. The highest BCUT2D eigenvalue weighted by atomic mass is 16.2. The largest absolute Gasteiger partial charge is 0.338 e. The molecule has 5 rings (SSSR count). The highest BCUT2D eigenvalue weighted by Crippen LogP contribution is 2.27. The average molecular weight is 424 g/mol. The van der Waals surface area contributed by atoms with Crippen LogP contribution >= 0.6 is 0 Å². The van der Waals surface area contributed by atoms with Gasteiger partial charge < -0.3 is 4.57 Å². The number of hydrogen-bond acceptors (Lipinski definition) is 2. The Balaban J connectivity index is 1.87. The molecule has 0 N–H and O–H groups in total. The first kappa shape index (κ1) is 20.1. The second-order valence-corrected chi connectivity index (χ2v) is 8.51. The summed E-state index contributed by atoms with van der Waals surface area (Å²) in [5.74, 6) is 0. The Hall–Kier alpha value is -3.86. The van der Waals surface area contributed by atoms with Gasteiger partial charge in [-0.2, -0.15) is 0 Å². The van der Waals surface area contributed by atoms with Crippen LogP contribution in [0.3, 0.4) is 0 Å². The van der Waals surface area contributed by atoms with Crippen LogP contribution in [0.2, 0.25) is 0 Å². The van der Waals surface area contributed by atoms with E-state index in [0.29, 0.717) is 17.6 Å². The molecule has 5 aromatic rings. The SMILES string of the molecule is Cc1cccc(Cn2c(=O)n(Cc3ccccc3)c(=O)c3c2c2cc(C)ccc2n3C)c1. The van der Waals surface area contributed by atoms with E-state index in [9.17, 15) is 9.59 Å². The summed E-state index contributed by atoms with van der Waals surface area (Å²) < 4.78 is 5.04. The summed E-state index contributed by atoms with van der Waals surface area (Å²) in [4.78, 5) is 27.4. The van der Waals surface area contributed by atoms with Crippen molar-refractivity contribution in [1.29, 1.82) is 0 Å². The number of aromatic nitrogens is 3. The highest BCUT2D eigenvalue weighted by molar-refractivity contribution is 6.06. The Bertz CT molecular complexity index is 1590. The number of rotatable bonds is 4. The molecule has 0 aliphatic rings. The van der Waals surface area contributed by atoms with Gasteiger partial charge in [0.2, 0.25) is 0 Å². The quantitative estimate of drug-likeness (QED) is 0.431. The molecular formula is C27H25N3O2. The van der Waals surface area contributed by atoms with E-state index in [-0.39, 0.29) is 17.8 Å². The van der Waals surface area contributed by atoms with E-state index < -0.39 is 0 Å². The van der Waals surface area contributed by atoms with Gasteiger partial charge in [-0.3, -0.25) is 13.9 Å². The Morgan fingerprint density at radius 2 is 1.38 bits per heavy atom.